The van der Waals surface area contributed by atoms with E-state index in [1.54, 1.807) is 24.5 Å². The fourth-order valence-corrected chi connectivity index (χ4v) is 3.71. The van der Waals surface area contributed by atoms with E-state index in [0.29, 0.717) is 23.8 Å². The van der Waals surface area contributed by atoms with Crippen molar-refractivity contribution in [1.29, 1.82) is 0 Å². The molecule has 0 spiro atoms. The SMILES string of the molecule is Cc1ncc(-c2ccncc2)c(C2CCN(C(=O)c3ccc(Cl)nc3)CC2)n1. The highest BCUT2D eigenvalue weighted by Gasteiger charge is 2.27. The summed E-state index contributed by atoms with van der Waals surface area (Å²) < 4.78 is 0. The highest BCUT2D eigenvalue weighted by atomic mass is 35.5. The van der Waals surface area contributed by atoms with Gasteiger partial charge in [-0.1, -0.05) is 11.6 Å². The van der Waals surface area contributed by atoms with Gasteiger partial charge in [-0.25, -0.2) is 15.0 Å². The Morgan fingerprint density at radius 1 is 1.07 bits per heavy atom. The highest BCUT2D eigenvalue weighted by Crippen LogP contribution is 2.34. The number of aryl methyl sites for hydroxylation is 1. The number of halogens is 1. The number of nitrogens with zero attached hydrogens (tertiary/aromatic N) is 5. The van der Waals surface area contributed by atoms with E-state index in [1.807, 2.05) is 30.2 Å². The summed E-state index contributed by atoms with van der Waals surface area (Å²) in [7, 11) is 0. The van der Waals surface area contributed by atoms with Crippen molar-refractivity contribution < 1.29 is 4.79 Å². The van der Waals surface area contributed by atoms with Crippen molar-refractivity contribution in [1.82, 2.24) is 24.8 Å². The van der Waals surface area contributed by atoms with Crippen LogP contribution >= 0.6 is 11.6 Å². The van der Waals surface area contributed by atoms with Crippen molar-refractivity contribution >= 4 is 17.5 Å². The number of piperidine rings is 1. The molecule has 1 amide bonds. The maximum atomic E-state index is 12.7. The number of likely N-dealkylation sites (tertiary alicyclic amines) is 1. The molecule has 1 aliphatic rings. The number of hydrogen-bond acceptors (Lipinski definition) is 5. The fourth-order valence-electron chi connectivity index (χ4n) is 3.59. The molecule has 0 aliphatic carbocycles. The van der Waals surface area contributed by atoms with Crippen LogP contribution in [0, 0.1) is 6.92 Å². The Bertz CT molecular complexity index is 970. The number of amides is 1. The summed E-state index contributed by atoms with van der Waals surface area (Å²) in [5, 5.41) is 0.387. The fraction of sp³-hybridized carbons (Fsp3) is 0.286. The predicted molar refractivity (Wildman–Crippen MR) is 107 cm³/mol. The van der Waals surface area contributed by atoms with Gasteiger partial charge in [-0.15, -0.1) is 0 Å². The van der Waals surface area contributed by atoms with E-state index in [2.05, 4.69) is 15.0 Å². The summed E-state index contributed by atoms with van der Waals surface area (Å²) >= 11 is 5.82. The standard InChI is InChI=1S/C21H20ClN5O/c1-14-24-13-18(15-4-8-23-9-5-15)20(26-14)16-6-10-27(11-7-16)21(28)17-2-3-19(22)25-12-17/h2-5,8-9,12-13,16H,6-7,10-11H2,1H3. The maximum Gasteiger partial charge on any atom is 0.255 e. The van der Waals surface area contributed by atoms with Crippen LogP contribution in [0.3, 0.4) is 0 Å². The van der Waals surface area contributed by atoms with Crippen molar-refractivity contribution in [2.45, 2.75) is 25.7 Å². The van der Waals surface area contributed by atoms with Crippen molar-refractivity contribution in [3.8, 4) is 11.1 Å². The van der Waals surface area contributed by atoms with Crippen LogP contribution < -0.4 is 0 Å². The van der Waals surface area contributed by atoms with Crippen LogP contribution in [-0.2, 0) is 0 Å². The first-order chi connectivity index (χ1) is 13.6. The number of carbonyl (C=O) groups excluding carboxylic acids is 1. The van der Waals surface area contributed by atoms with Gasteiger partial charge in [0.1, 0.15) is 11.0 Å². The van der Waals surface area contributed by atoms with Crippen molar-refractivity contribution in [3.05, 3.63) is 71.3 Å². The van der Waals surface area contributed by atoms with Crippen LogP contribution in [0.5, 0.6) is 0 Å². The molecule has 4 heterocycles. The van der Waals surface area contributed by atoms with Crippen molar-refractivity contribution in [2.24, 2.45) is 0 Å². The summed E-state index contributed by atoms with van der Waals surface area (Å²) in [5.74, 6) is 1.05. The second-order valence-corrected chi connectivity index (χ2v) is 7.28. The van der Waals surface area contributed by atoms with E-state index in [9.17, 15) is 4.79 Å². The summed E-state index contributed by atoms with van der Waals surface area (Å²) in [6.45, 7) is 3.28. The second kappa shape index (κ2) is 8.02. The van der Waals surface area contributed by atoms with Gasteiger partial charge in [0, 0.05) is 49.4 Å². The molecular formula is C21H20ClN5O. The lowest BCUT2D eigenvalue weighted by atomic mass is 9.89. The molecule has 0 radical (unpaired) electrons. The Hall–Kier alpha value is -2.86. The monoisotopic (exact) mass is 393 g/mol. The quantitative estimate of drug-likeness (QED) is 0.631. The minimum atomic E-state index is -0.00385. The van der Waals surface area contributed by atoms with Gasteiger partial charge in [-0.05, 0) is 49.6 Å². The third-order valence-electron chi connectivity index (χ3n) is 5.07. The minimum absolute atomic E-state index is 0.00385. The molecule has 28 heavy (non-hydrogen) atoms. The molecule has 0 bridgehead atoms. The van der Waals surface area contributed by atoms with Gasteiger partial charge in [0.05, 0.1) is 11.3 Å². The molecule has 0 atom stereocenters. The number of rotatable bonds is 3. The van der Waals surface area contributed by atoms with E-state index in [4.69, 9.17) is 16.6 Å². The summed E-state index contributed by atoms with van der Waals surface area (Å²) in [6.07, 6.45) is 8.71. The molecule has 3 aromatic heterocycles. The van der Waals surface area contributed by atoms with Crippen LogP contribution in [0.2, 0.25) is 5.15 Å². The van der Waals surface area contributed by atoms with Gasteiger partial charge >= 0.3 is 0 Å². The van der Waals surface area contributed by atoms with E-state index >= 15 is 0 Å². The largest absolute Gasteiger partial charge is 0.339 e. The third-order valence-corrected chi connectivity index (χ3v) is 5.30. The second-order valence-electron chi connectivity index (χ2n) is 6.89. The smallest absolute Gasteiger partial charge is 0.255 e. The summed E-state index contributed by atoms with van der Waals surface area (Å²) in [5.41, 5.74) is 3.73. The zero-order valence-corrected chi connectivity index (χ0v) is 16.3. The van der Waals surface area contributed by atoms with Gasteiger partial charge in [0.15, 0.2) is 0 Å². The average Bonchev–Trinajstić information content (AvgIpc) is 2.74. The van der Waals surface area contributed by atoms with Crippen LogP contribution in [0.1, 0.15) is 40.6 Å². The Labute approximate surface area is 168 Å². The predicted octanol–water partition coefficient (Wildman–Crippen LogP) is 3.92. The molecule has 1 fully saturated rings. The lowest BCUT2D eigenvalue weighted by molar-refractivity contribution is 0.0711. The maximum absolute atomic E-state index is 12.7. The molecule has 142 valence electrons. The zero-order chi connectivity index (χ0) is 19.5. The molecule has 1 saturated heterocycles. The molecule has 4 rings (SSSR count). The Balaban J connectivity index is 1.52. The molecule has 6 nitrogen and oxygen atoms in total. The van der Waals surface area contributed by atoms with Crippen LogP contribution in [-0.4, -0.2) is 43.8 Å². The molecule has 0 unspecified atom stereocenters. The zero-order valence-electron chi connectivity index (χ0n) is 15.5. The van der Waals surface area contributed by atoms with E-state index in [-0.39, 0.29) is 11.8 Å². The Kier molecular flexibility index (Phi) is 5.30. The van der Waals surface area contributed by atoms with Crippen molar-refractivity contribution in [3.63, 3.8) is 0 Å². The normalized spacial score (nSPS) is 14.9. The van der Waals surface area contributed by atoms with Crippen molar-refractivity contribution in [2.75, 3.05) is 13.1 Å². The minimum Gasteiger partial charge on any atom is -0.339 e. The molecule has 0 saturated carbocycles. The Morgan fingerprint density at radius 3 is 2.50 bits per heavy atom. The Morgan fingerprint density at radius 2 is 1.82 bits per heavy atom. The first kappa shape index (κ1) is 18.5. The summed E-state index contributed by atoms with van der Waals surface area (Å²) in [4.78, 5) is 31.8. The molecule has 0 aromatic carbocycles. The van der Waals surface area contributed by atoms with Gasteiger partial charge in [0.25, 0.3) is 5.91 Å². The highest BCUT2D eigenvalue weighted by molar-refractivity contribution is 6.29. The number of carbonyl (C=O) groups is 1. The molecule has 1 aliphatic heterocycles. The third kappa shape index (κ3) is 3.87. The molecule has 0 N–H and O–H groups in total. The average molecular weight is 394 g/mol. The molecular weight excluding hydrogens is 374 g/mol. The molecule has 3 aromatic rings. The first-order valence-electron chi connectivity index (χ1n) is 9.26. The first-order valence-corrected chi connectivity index (χ1v) is 9.64. The van der Waals surface area contributed by atoms with Crippen LogP contribution in [0.4, 0.5) is 0 Å². The van der Waals surface area contributed by atoms with Gasteiger partial charge in [-0.3, -0.25) is 9.78 Å². The van der Waals surface area contributed by atoms with Gasteiger partial charge < -0.3 is 4.90 Å². The molecule has 7 heteroatoms. The number of aromatic nitrogens is 4. The van der Waals surface area contributed by atoms with Gasteiger partial charge in [0.2, 0.25) is 0 Å². The lowest BCUT2D eigenvalue weighted by Crippen LogP contribution is -2.38. The number of hydrogen-bond donors (Lipinski definition) is 0. The van der Waals surface area contributed by atoms with E-state index in [1.165, 1.54) is 6.20 Å². The van der Waals surface area contributed by atoms with E-state index in [0.717, 1.165) is 35.5 Å². The topological polar surface area (TPSA) is 71.9 Å². The number of pyridine rings is 2. The van der Waals surface area contributed by atoms with Gasteiger partial charge in [-0.2, -0.15) is 0 Å². The van der Waals surface area contributed by atoms with Crippen LogP contribution in [0.15, 0.2) is 49.1 Å². The lowest BCUT2D eigenvalue weighted by Gasteiger charge is -2.32. The van der Waals surface area contributed by atoms with Crippen LogP contribution in [0.25, 0.3) is 11.1 Å². The summed E-state index contributed by atoms with van der Waals surface area (Å²) in [6, 6.07) is 7.32. The van der Waals surface area contributed by atoms with E-state index < -0.39 is 0 Å².